The fourth-order valence-electron chi connectivity index (χ4n) is 3.41. The van der Waals surface area contributed by atoms with Crippen molar-refractivity contribution < 1.29 is 13.2 Å². The van der Waals surface area contributed by atoms with Gasteiger partial charge in [0.1, 0.15) is 4.90 Å². The summed E-state index contributed by atoms with van der Waals surface area (Å²) in [5.74, 6) is -0.398. The van der Waals surface area contributed by atoms with Gasteiger partial charge in [-0.3, -0.25) is 4.79 Å². The van der Waals surface area contributed by atoms with E-state index in [1.54, 1.807) is 20.8 Å². The molecule has 0 unspecified atom stereocenters. The van der Waals surface area contributed by atoms with Crippen molar-refractivity contribution >= 4 is 38.9 Å². The fraction of sp³-hybridized carbons (Fsp3) is 0.409. The Morgan fingerprint density at radius 3 is 2.32 bits per heavy atom. The molecule has 1 fully saturated rings. The van der Waals surface area contributed by atoms with Crippen LogP contribution < -0.4 is 14.9 Å². The van der Waals surface area contributed by atoms with Crippen LogP contribution >= 0.6 is 11.6 Å². The molecule has 0 aromatic heterocycles. The zero-order valence-corrected chi connectivity index (χ0v) is 19.8. The predicted molar refractivity (Wildman–Crippen MR) is 126 cm³/mol. The highest BCUT2D eigenvalue weighted by molar-refractivity contribution is 7.89. The van der Waals surface area contributed by atoms with Crippen molar-refractivity contribution in [3.8, 4) is 0 Å². The van der Waals surface area contributed by atoms with Gasteiger partial charge in [0.05, 0.1) is 16.4 Å². The number of carbonyl (C=O) groups excluding carboxylic acids is 1. The van der Waals surface area contributed by atoms with Crippen LogP contribution in [-0.4, -0.2) is 58.0 Å². The third-order valence-electron chi connectivity index (χ3n) is 4.92. The van der Waals surface area contributed by atoms with E-state index in [-0.39, 0.29) is 15.5 Å². The van der Waals surface area contributed by atoms with Crippen molar-refractivity contribution in [2.75, 3.05) is 43.4 Å². The summed E-state index contributed by atoms with van der Waals surface area (Å²) in [6.45, 7) is 8.85. The number of hydrogen-bond acceptors (Lipinski definition) is 5. The number of amides is 1. The molecule has 2 aromatic carbocycles. The van der Waals surface area contributed by atoms with Gasteiger partial charge in [0.25, 0.3) is 5.91 Å². The summed E-state index contributed by atoms with van der Waals surface area (Å²) in [6, 6.07) is 11.9. The molecule has 7 nitrogen and oxygen atoms in total. The largest absolute Gasteiger partial charge is 0.367 e. The molecule has 0 saturated carbocycles. The van der Waals surface area contributed by atoms with Crippen LogP contribution in [0.4, 0.5) is 11.4 Å². The molecule has 9 heteroatoms. The molecule has 168 valence electrons. The highest BCUT2D eigenvalue weighted by Crippen LogP contribution is 2.28. The maximum Gasteiger partial charge on any atom is 0.255 e. The summed E-state index contributed by atoms with van der Waals surface area (Å²) in [4.78, 5) is 17.4. The number of hydrogen-bond donors (Lipinski definition) is 2. The molecule has 1 aliphatic heterocycles. The smallest absolute Gasteiger partial charge is 0.255 e. The third kappa shape index (κ3) is 5.98. The van der Waals surface area contributed by atoms with Gasteiger partial charge in [-0.25, -0.2) is 13.1 Å². The standard InChI is InChI=1S/C22H29ClN4O3S/c1-22(2,3)25-31(29,30)20-15-16(9-10-17(20)23)21(28)24-18-7-5-6-8-19(18)27-13-11-26(4)12-14-27/h5-10,15,25H,11-14H2,1-4H3,(H,24,28). The molecular formula is C22H29ClN4O3S. The van der Waals surface area contributed by atoms with E-state index in [0.29, 0.717) is 5.69 Å². The Hall–Kier alpha value is -2.13. The van der Waals surface area contributed by atoms with Crippen molar-refractivity contribution in [2.45, 2.75) is 31.2 Å². The molecule has 0 spiro atoms. The van der Waals surface area contributed by atoms with Crippen LogP contribution in [0.15, 0.2) is 47.4 Å². The molecule has 2 N–H and O–H groups in total. The molecule has 0 radical (unpaired) electrons. The molecule has 3 rings (SSSR count). The second kappa shape index (κ2) is 9.16. The summed E-state index contributed by atoms with van der Waals surface area (Å²) < 4.78 is 28.1. The van der Waals surface area contributed by atoms with E-state index in [4.69, 9.17) is 11.6 Å². The number of anilines is 2. The van der Waals surface area contributed by atoms with Gasteiger partial charge in [0.15, 0.2) is 0 Å². The molecule has 0 aliphatic carbocycles. The van der Waals surface area contributed by atoms with E-state index < -0.39 is 21.5 Å². The average molecular weight is 465 g/mol. The zero-order valence-electron chi connectivity index (χ0n) is 18.3. The summed E-state index contributed by atoms with van der Waals surface area (Å²) in [6.07, 6.45) is 0. The van der Waals surface area contributed by atoms with Crippen molar-refractivity contribution in [3.63, 3.8) is 0 Å². The Morgan fingerprint density at radius 1 is 1.03 bits per heavy atom. The Kier molecular flexibility index (Phi) is 6.95. The molecular weight excluding hydrogens is 436 g/mol. The van der Waals surface area contributed by atoms with Crippen molar-refractivity contribution in [2.24, 2.45) is 0 Å². The second-order valence-electron chi connectivity index (χ2n) is 8.76. The summed E-state index contributed by atoms with van der Waals surface area (Å²) in [5, 5.41) is 2.99. The molecule has 1 saturated heterocycles. The summed E-state index contributed by atoms with van der Waals surface area (Å²) in [7, 11) is -1.79. The molecule has 0 bridgehead atoms. The number of nitrogens with zero attached hydrogens (tertiary/aromatic N) is 2. The van der Waals surface area contributed by atoms with Gasteiger partial charge in [-0.2, -0.15) is 0 Å². The maximum atomic E-state index is 13.0. The summed E-state index contributed by atoms with van der Waals surface area (Å²) >= 11 is 6.15. The van der Waals surface area contributed by atoms with Gasteiger partial charge >= 0.3 is 0 Å². The quantitative estimate of drug-likeness (QED) is 0.708. The van der Waals surface area contributed by atoms with E-state index in [1.807, 2.05) is 24.3 Å². The topological polar surface area (TPSA) is 81.8 Å². The number of carbonyl (C=O) groups is 1. The lowest BCUT2D eigenvalue weighted by molar-refractivity contribution is 0.102. The molecule has 1 aliphatic rings. The van der Waals surface area contributed by atoms with Gasteiger partial charge in [0.2, 0.25) is 10.0 Å². The van der Waals surface area contributed by atoms with E-state index in [9.17, 15) is 13.2 Å². The Balaban J connectivity index is 1.86. The first-order chi connectivity index (χ1) is 14.5. The summed E-state index contributed by atoms with van der Waals surface area (Å²) in [5.41, 5.74) is 1.17. The minimum absolute atomic E-state index is 0.0612. The Bertz CT molecular complexity index is 1060. The molecule has 2 aromatic rings. The molecule has 1 amide bonds. The van der Waals surface area contributed by atoms with Crippen LogP contribution in [0.25, 0.3) is 0 Å². The van der Waals surface area contributed by atoms with Crippen molar-refractivity contribution in [1.29, 1.82) is 0 Å². The van der Waals surface area contributed by atoms with Gasteiger partial charge in [-0.15, -0.1) is 0 Å². The fourth-order valence-corrected chi connectivity index (χ4v) is 5.35. The van der Waals surface area contributed by atoms with E-state index in [1.165, 1.54) is 18.2 Å². The van der Waals surface area contributed by atoms with Gasteiger partial charge < -0.3 is 15.1 Å². The van der Waals surface area contributed by atoms with Gasteiger partial charge in [0, 0.05) is 37.3 Å². The highest BCUT2D eigenvalue weighted by Gasteiger charge is 2.26. The van der Waals surface area contributed by atoms with Gasteiger partial charge in [-0.05, 0) is 58.2 Å². The van der Waals surface area contributed by atoms with Crippen LogP contribution in [0.1, 0.15) is 31.1 Å². The van der Waals surface area contributed by atoms with Crippen LogP contribution in [-0.2, 0) is 10.0 Å². The molecule has 0 atom stereocenters. The number of para-hydroxylation sites is 2. The number of benzene rings is 2. The third-order valence-corrected chi connectivity index (χ3v) is 7.16. The zero-order chi connectivity index (χ0) is 22.8. The van der Waals surface area contributed by atoms with E-state index in [0.717, 1.165) is 31.9 Å². The van der Waals surface area contributed by atoms with Crippen molar-refractivity contribution in [3.05, 3.63) is 53.1 Å². The first kappa shape index (κ1) is 23.5. The van der Waals surface area contributed by atoms with Crippen LogP contribution in [0.3, 0.4) is 0 Å². The second-order valence-corrected chi connectivity index (χ2v) is 10.8. The van der Waals surface area contributed by atoms with E-state index in [2.05, 4.69) is 26.9 Å². The number of piperazine rings is 1. The predicted octanol–water partition coefficient (Wildman–Crippen LogP) is 3.42. The number of likely N-dealkylation sites (N-methyl/N-ethyl adjacent to an activating group) is 1. The first-order valence-corrected chi connectivity index (χ1v) is 12.0. The minimum atomic E-state index is -3.88. The van der Waals surface area contributed by atoms with Crippen LogP contribution in [0.5, 0.6) is 0 Å². The Labute approximate surface area is 189 Å². The van der Waals surface area contributed by atoms with E-state index >= 15 is 0 Å². The monoisotopic (exact) mass is 464 g/mol. The number of halogens is 1. The lowest BCUT2D eigenvalue weighted by Gasteiger charge is -2.35. The number of nitrogens with one attached hydrogen (secondary N) is 2. The Morgan fingerprint density at radius 2 is 1.68 bits per heavy atom. The van der Waals surface area contributed by atoms with Crippen molar-refractivity contribution in [1.82, 2.24) is 9.62 Å². The normalized spacial score (nSPS) is 15.7. The average Bonchev–Trinajstić information content (AvgIpc) is 2.67. The molecule has 31 heavy (non-hydrogen) atoms. The first-order valence-electron chi connectivity index (χ1n) is 10.1. The van der Waals surface area contributed by atoms with Crippen LogP contribution in [0.2, 0.25) is 5.02 Å². The lowest BCUT2D eigenvalue weighted by atomic mass is 10.1. The number of sulfonamides is 1. The minimum Gasteiger partial charge on any atom is -0.367 e. The SMILES string of the molecule is CN1CCN(c2ccccc2NC(=O)c2ccc(Cl)c(S(=O)(=O)NC(C)(C)C)c2)CC1. The number of rotatable bonds is 5. The molecule has 1 heterocycles. The van der Waals surface area contributed by atoms with Crippen LogP contribution in [0, 0.1) is 0 Å². The maximum absolute atomic E-state index is 13.0. The van der Waals surface area contributed by atoms with Gasteiger partial charge in [-0.1, -0.05) is 23.7 Å². The highest BCUT2D eigenvalue weighted by atomic mass is 35.5. The lowest BCUT2D eigenvalue weighted by Crippen LogP contribution is -2.44.